The van der Waals surface area contributed by atoms with Crippen molar-refractivity contribution >= 4 is 32.3 Å². The number of aromatic nitrogens is 1. The molecule has 22 heavy (non-hydrogen) atoms. The maximum absolute atomic E-state index is 11.8. The Bertz CT molecular complexity index is 964. The SMILES string of the molecule is Cn1ccc2ccc(C3=CC=CN4CCS(=O)(=O)N=C34)cc21. The second kappa shape index (κ2) is 4.58. The van der Waals surface area contributed by atoms with Gasteiger partial charge >= 0.3 is 0 Å². The zero-order valence-corrected chi connectivity index (χ0v) is 12.9. The lowest BCUT2D eigenvalue weighted by Crippen LogP contribution is -2.37. The summed E-state index contributed by atoms with van der Waals surface area (Å²) in [5, 5.41) is 1.16. The fraction of sp³-hybridized carbons (Fsp3) is 0.188. The van der Waals surface area contributed by atoms with Crippen LogP contribution in [0.4, 0.5) is 0 Å². The van der Waals surface area contributed by atoms with E-state index in [1.165, 1.54) is 0 Å². The number of hydrogen-bond donors (Lipinski definition) is 0. The van der Waals surface area contributed by atoms with Gasteiger partial charge in [-0.05, 0) is 35.2 Å². The molecule has 0 aliphatic carbocycles. The van der Waals surface area contributed by atoms with E-state index in [2.05, 4.69) is 21.1 Å². The first-order chi connectivity index (χ1) is 10.5. The molecule has 3 heterocycles. The summed E-state index contributed by atoms with van der Waals surface area (Å²) in [5.41, 5.74) is 2.92. The molecule has 0 saturated carbocycles. The first-order valence-corrected chi connectivity index (χ1v) is 8.68. The molecule has 0 amide bonds. The number of rotatable bonds is 1. The monoisotopic (exact) mass is 313 g/mol. The molecule has 0 N–H and O–H groups in total. The molecule has 2 aromatic rings. The molecule has 112 valence electrons. The molecule has 0 atom stereocenters. The molecule has 0 unspecified atom stereocenters. The molecular weight excluding hydrogens is 298 g/mol. The van der Waals surface area contributed by atoms with E-state index in [-0.39, 0.29) is 5.75 Å². The summed E-state index contributed by atoms with van der Waals surface area (Å²) in [5.74, 6) is 0.577. The van der Waals surface area contributed by atoms with Gasteiger partial charge in [-0.2, -0.15) is 0 Å². The third-order valence-corrected chi connectivity index (χ3v) is 5.21. The quantitative estimate of drug-likeness (QED) is 0.810. The number of benzene rings is 1. The Hall–Kier alpha value is -2.34. The van der Waals surface area contributed by atoms with E-state index in [0.29, 0.717) is 12.4 Å². The van der Waals surface area contributed by atoms with E-state index in [4.69, 9.17) is 0 Å². The van der Waals surface area contributed by atoms with Gasteiger partial charge in [0.1, 0.15) is 0 Å². The van der Waals surface area contributed by atoms with Crippen LogP contribution in [0.5, 0.6) is 0 Å². The van der Waals surface area contributed by atoms with E-state index in [1.807, 2.05) is 48.6 Å². The molecule has 0 radical (unpaired) electrons. The maximum atomic E-state index is 11.8. The summed E-state index contributed by atoms with van der Waals surface area (Å²) in [6.07, 6.45) is 7.73. The van der Waals surface area contributed by atoms with Crippen LogP contribution in [0.15, 0.2) is 53.2 Å². The molecule has 6 heteroatoms. The predicted octanol–water partition coefficient (Wildman–Crippen LogP) is 2.13. The highest BCUT2D eigenvalue weighted by Gasteiger charge is 2.27. The van der Waals surface area contributed by atoms with E-state index in [9.17, 15) is 8.42 Å². The molecule has 0 spiro atoms. The minimum Gasteiger partial charge on any atom is -0.351 e. The van der Waals surface area contributed by atoms with Crippen LogP contribution in [0.3, 0.4) is 0 Å². The van der Waals surface area contributed by atoms with Gasteiger partial charge in [0, 0.05) is 37.1 Å². The second-order valence-electron chi connectivity index (χ2n) is 5.52. The lowest BCUT2D eigenvalue weighted by molar-refractivity contribution is 0.550. The highest BCUT2D eigenvalue weighted by Crippen LogP contribution is 2.28. The summed E-state index contributed by atoms with van der Waals surface area (Å²) in [6.45, 7) is 0.446. The Labute approximate surface area is 128 Å². The van der Waals surface area contributed by atoms with Gasteiger partial charge in [0.15, 0.2) is 5.84 Å². The normalized spacial score (nSPS) is 19.8. The van der Waals surface area contributed by atoms with Crippen molar-refractivity contribution < 1.29 is 8.42 Å². The number of sulfonamides is 1. The highest BCUT2D eigenvalue weighted by molar-refractivity contribution is 7.90. The fourth-order valence-corrected chi connectivity index (χ4v) is 3.86. The van der Waals surface area contributed by atoms with Crippen molar-refractivity contribution in [3.63, 3.8) is 0 Å². The van der Waals surface area contributed by atoms with Crippen LogP contribution in [0.25, 0.3) is 16.5 Å². The van der Waals surface area contributed by atoms with Crippen LogP contribution in [-0.2, 0) is 17.1 Å². The van der Waals surface area contributed by atoms with Crippen molar-refractivity contribution in [2.75, 3.05) is 12.3 Å². The van der Waals surface area contributed by atoms with Crippen molar-refractivity contribution in [2.45, 2.75) is 0 Å². The first kappa shape index (κ1) is 13.3. The Morgan fingerprint density at radius 1 is 1.23 bits per heavy atom. The third kappa shape index (κ3) is 2.07. The van der Waals surface area contributed by atoms with Gasteiger partial charge in [0.05, 0.1) is 5.75 Å². The molecule has 1 aromatic heterocycles. The van der Waals surface area contributed by atoms with Crippen LogP contribution in [0.1, 0.15) is 5.56 Å². The molecule has 2 aliphatic heterocycles. The second-order valence-corrected chi connectivity index (χ2v) is 7.27. The van der Waals surface area contributed by atoms with Gasteiger partial charge in [-0.25, -0.2) is 8.42 Å². The zero-order chi connectivity index (χ0) is 15.3. The van der Waals surface area contributed by atoms with E-state index in [0.717, 1.165) is 22.0 Å². The van der Waals surface area contributed by atoms with E-state index >= 15 is 0 Å². The van der Waals surface area contributed by atoms with Crippen LogP contribution in [0, 0.1) is 0 Å². The molecule has 2 aliphatic rings. The molecule has 1 aromatic carbocycles. The Balaban J connectivity index is 1.89. The van der Waals surface area contributed by atoms with E-state index < -0.39 is 10.0 Å². The first-order valence-electron chi connectivity index (χ1n) is 7.07. The number of fused-ring (bicyclic) bond motifs is 2. The number of amidine groups is 1. The zero-order valence-electron chi connectivity index (χ0n) is 12.1. The van der Waals surface area contributed by atoms with Crippen molar-refractivity contribution in [1.29, 1.82) is 0 Å². The van der Waals surface area contributed by atoms with Gasteiger partial charge in [-0.1, -0.05) is 12.1 Å². The van der Waals surface area contributed by atoms with E-state index in [1.54, 1.807) is 0 Å². The van der Waals surface area contributed by atoms with Gasteiger partial charge in [-0.3, -0.25) is 0 Å². The van der Waals surface area contributed by atoms with Crippen molar-refractivity contribution in [1.82, 2.24) is 9.47 Å². The van der Waals surface area contributed by atoms with Gasteiger partial charge in [-0.15, -0.1) is 4.40 Å². The summed E-state index contributed by atoms with van der Waals surface area (Å²) >= 11 is 0. The minimum atomic E-state index is -3.37. The lowest BCUT2D eigenvalue weighted by Gasteiger charge is -2.29. The van der Waals surface area contributed by atoms with Crippen molar-refractivity contribution in [3.8, 4) is 0 Å². The lowest BCUT2D eigenvalue weighted by atomic mass is 10.0. The van der Waals surface area contributed by atoms with Crippen LogP contribution >= 0.6 is 0 Å². The van der Waals surface area contributed by atoms with Gasteiger partial charge in [0.25, 0.3) is 10.0 Å². The number of hydrogen-bond acceptors (Lipinski definition) is 3. The summed E-state index contributed by atoms with van der Waals surface area (Å²) < 4.78 is 29.7. The van der Waals surface area contributed by atoms with Crippen molar-refractivity contribution in [3.05, 3.63) is 54.4 Å². The molecular formula is C16H15N3O2S. The molecule has 5 nitrogen and oxygen atoms in total. The minimum absolute atomic E-state index is 0.0605. The summed E-state index contributed by atoms with van der Waals surface area (Å²) in [4.78, 5) is 1.89. The Morgan fingerprint density at radius 2 is 2.09 bits per heavy atom. The highest BCUT2D eigenvalue weighted by atomic mass is 32.2. The summed E-state index contributed by atoms with van der Waals surface area (Å²) in [6, 6.07) is 8.19. The van der Waals surface area contributed by atoms with Crippen LogP contribution in [0.2, 0.25) is 0 Å². The maximum Gasteiger partial charge on any atom is 0.256 e. The number of aryl methyl sites for hydroxylation is 1. The van der Waals surface area contributed by atoms with Crippen LogP contribution in [-0.4, -0.2) is 36.0 Å². The molecule has 0 bridgehead atoms. The molecule has 0 fully saturated rings. The third-order valence-electron chi connectivity index (χ3n) is 4.06. The topological polar surface area (TPSA) is 54.7 Å². The fourth-order valence-electron chi connectivity index (χ4n) is 2.87. The Kier molecular flexibility index (Phi) is 2.77. The van der Waals surface area contributed by atoms with Crippen LogP contribution < -0.4 is 0 Å². The number of allylic oxidation sites excluding steroid dienone is 2. The van der Waals surface area contributed by atoms with Gasteiger partial charge in [0.2, 0.25) is 0 Å². The average Bonchev–Trinajstić information content (AvgIpc) is 2.87. The molecule has 4 rings (SSSR count). The average molecular weight is 313 g/mol. The smallest absolute Gasteiger partial charge is 0.256 e. The number of nitrogens with zero attached hydrogens (tertiary/aromatic N) is 3. The molecule has 0 saturated heterocycles. The van der Waals surface area contributed by atoms with Gasteiger partial charge < -0.3 is 9.47 Å². The van der Waals surface area contributed by atoms with Crippen molar-refractivity contribution in [2.24, 2.45) is 11.4 Å². The largest absolute Gasteiger partial charge is 0.351 e. The summed E-state index contributed by atoms with van der Waals surface area (Å²) in [7, 11) is -1.37. The Morgan fingerprint density at radius 3 is 2.95 bits per heavy atom. The predicted molar refractivity (Wildman–Crippen MR) is 88.0 cm³/mol. The standard InChI is InChI=1S/C16H15N3O2S/c1-18-8-6-12-4-5-13(11-15(12)18)14-3-2-7-19-9-10-22(20,21)17-16(14)19/h2-8,11H,9-10H2,1H3.